The van der Waals surface area contributed by atoms with E-state index < -0.39 is 0 Å². The van der Waals surface area contributed by atoms with E-state index in [1.54, 1.807) is 0 Å². The highest BCUT2D eigenvalue weighted by Crippen LogP contribution is 2.42. The quantitative estimate of drug-likeness (QED) is 0.433. The first kappa shape index (κ1) is 29.2. The van der Waals surface area contributed by atoms with Crippen LogP contribution in [0.2, 0.25) is 0 Å². The lowest BCUT2D eigenvalue weighted by Gasteiger charge is -2.44. The molecule has 0 radical (unpaired) electrons. The Morgan fingerprint density at radius 2 is 1.17 bits per heavy atom. The van der Waals surface area contributed by atoms with Crippen LogP contribution in [0.5, 0.6) is 0 Å². The lowest BCUT2D eigenvalue weighted by molar-refractivity contribution is 0.00578. The molecule has 0 aliphatic carbocycles. The molecule has 0 amide bonds. The van der Waals surface area contributed by atoms with Gasteiger partial charge in [-0.05, 0) is 71.0 Å². The molecular formula is C31H48BNO2. The molecule has 0 spiro atoms. The Morgan fingerprint density at radius 1 is 0.771 bits per heavy atom. The number of aryl methyl sites for hydroxylation is 1. The van der Waals surface area contributed by atoms with Crippen molar-refractivity contribution in [1.82, 2.24) is 4.90 Å². The van der Waals surface area contributed by atoms with Gasteiger partial charge in [0, 0.05) is 24.2 Å². The summed E-state index contributed by atoms with van der Waals surface area (Å²) in [5.74, 6) is 0. The van der Waals surface area contributed by atoms with Crippen LogP contribution in [-0.2, 0) is 14.7 Å². The van der Waals surface area contributed by atoms with E-state index >= 15 is 0 Å². The zero-order valence-corrected chi connectivity index (χ0v) is 24.0. The Bertz CT molecular complexity index is 923. The second-order valence-corrected chi connectivity index (χ2v) is 10.4. The maximum atomic E-state index is 6.26. The van der Waals surface area contributed by atoms with E-state index in [4.69, 9.17) is 9.31 Å². The summed E-state index contributed by atoms with van der Waals surface area (Å²) < 4.78 is 12.5. The lowest BCUT2D eigenvalue weighted by Crippen LogP contribution is -2.42. The van der Waals surface area contributed by atoms with Crippen molar-refractivity contribution in [2.45, 2.75) is 98.7 Å². The molecular weight excluding hydrogens is 429 g/mol. The van der Waals surface area contributed by atoms with Gasteiger partial charge in [0.25, 0.3) is 0 Å². The smallest absolute Gasteiger partial charge is 0.399 e. The molecule has 0 atom stereocenters. The van der Waals surface area contributed by atoms with Crippen LogP contribution in [0.15, 0.2) is 60.8 Å². The third-order valence-corrected chi connectivity index (χ3v) is 7.75. The van der Waals surface area contributed by atoms with Crippen molar-refractivity contribution in [1.29, 1.82) is 0 Å². The van der Waals surface area contributed by atoms with E-state index in [1.807, 2.05) is 27.7 Å². The van der Waals surface area contributed by atoms with Gasteiger partial charge in [-0.15, -0.1) is 0 Å². The summed E-state index contributed by atoms with van der Waals surface area (Å²) >= 11 is 0. The molecule has 2 saturated heterocycles. The Hall–Kier alpha value is -2.04. The van der Waals surface area contributed by atoms with Crippen LogP contribution in [0.3, 0.4) is 0 Å². The average molecular weight is 478 g/mol. The summed E-state index contributed by atoms with van der Waals surface area (Å²) in [6.45, 7) is 26.9. The number of nitrogens with zero attached hydrogens (tertiary/aromatic N) is 1. The average Bonchev–Trinajstić information content (AvgIpc) is 3.09. The molecule has 2 aromatic carbocycles. The molecule has 2 aromatic rings. The molecule has 4 heteroatoms. The van der Waals surface area contributed by atoms with Crippen molar-refractivity contribution in [3.8, 4) is 0 Å². The fourth-order valence-electron chi connectivity index (χ4n) is 4.83. The fourth-order valence-corrected chi connectivity index (χ4v) is 4.83. The molecule has 4 rings (SSSR count). The first-order chi connectivity index (χ1) is 16.5. The molecule has 2 heterocycles. The number of allylic oxidation sites excluding steroid dienone is 1. The summed E-state index contributed by atoms with van der Waals surface area (Å²) in [5.41, 5.74) is 5.70. The topological polar surface area (TPSA) is 21.7 Å². The maximum Gasteiger partial charge on any atom is 0.494 e. The number of likely N-dealkylation sites (tertiary alicyclic amines) is 1. The van der Waals surface area contributed by atoms with E-state index in [-0.39, 0.29) is 23.7 Å². The van der Waals surface area contributed by atoms with E-state index in [0.717, 1.165) is 37.1 Å². The molecule has 0 unspecified atom stereocenters. The summed E-state index contributed by atoms with van der Waals surface area (Å²) in [6, 6.07) is 18.1. The molecule has 192 valence electrons. The van der Waals surface area contributed by atoms with E-state index in [0.29, 0.717) is 0 Å². The van der Waals surface area contributed by atoms with E-state index in [9.17, 15) is 0 Å². The molecule has 0 N–H and O–H groups in total. The molecule has 3 nitrogen and oxygen atoms in total. The van der Waals surface area contributed by atoms with Crippen LogP contribution in [0.25, 0.3) is 0 Å². The van der Waals surface area contributed by atoms with Crippen LogP contribution in [-0.4, -0.2) is 36.3 Å². The third kappa shape index (κ3) is 6.03. The van der Waals surface area contributed by atoms with Gasteiger partial charge in [0.2, 0.25) is 0 Å². The number of hydrogen-bond acceptors (Lipinski definition) is 3. The minimum absolute atomic E-state index is 0.0219. The third-order valence-electron chi connectivity index (χ3n) is 7.75. The van der Waals surface area contributed by atoms with Crippen LogP contribution in [0.1, 0.15) is 91.8 Å². The van der Waals surface area contributed by atoms with Gasteiger partial charge in [-0.2, -0.15) is 0 Å². The molecule has 2 fully saturated rings. The van der Waals surface area contributed by atoms with Gasteiger partial charge in [0.15, 0.2) is 0 Å². The number of benzene rings is 2. The van der Waals surface area contributed by atoms with Crippen LogP contribution in [0.4, 0.5) is 0 Å². The van der Waals surface area contributed by atoms with Crippen molar-refractivity contribution in [3.63, 3.8) is 0 Å². The molecule has 35 heavy (non-hydrogen) atoms. The Morgan fingerprint density at radius 3 is 1.57 bits per heavy atom. The zero-order valence-electron chi connectivity index (χ0n) is 24.0. The lowest BCUT2D eigenvalue weighted by atomic mass is 9.67. The maximum absolute atomic E-state index is 6.26. The first-order valence-electron chi connectivity index (χ1n) is 13.5. The van der Waals surface area contributed by atoms with E-state index in [1.165, 1.54) is 16.7 Å². The Labute approximate surface area is 216 Å². The van der Waals surface area contributed by atoms with Crippen molar-refractivity contribution in [2.75, 3.05) is 13.1 Å². The largest absolute Gasteiger partial charge is 0.494 e. The second kappa shape index (κ2) is 11.8. The molecule has 0 bridgehead atoms. The Kier molecular flexibility index (Phi) is 9.84. The van der Waals surface area contributed by atoms with Gasteiger partial charge in [0.05, 0.1) is 11.2 Å². The SMILES string of the molecule is C=C(C)N1CCC(c2ccc(C)cc2)(c2ccc(B3OC(C)(C)C(C)(C)O3)cc2)CC1.CC.CC. The number of rotatable bonds is 4. The summed E-state index contributed by atoms with van der Waals surface area (Å²) in [7, 11) is -0.320. The first-order valence-corrected chi connectivity index (χ1v) is 13.5. The van der Waals surface area contributed by atoms with Crippen molar-refractivity contribution < 1.29 is 9.31 Å². The number of piperidine rings is 1. The van der Waals surface area contributed by atoms with E-state index in [2.05, 4.69) is 102 Å². The minimum atomic E-state index is -0.325. The van der Waals surface area contributed by atoms with Crippen LogP contribution in [0, 0.1) is 6.92 Å². The summed E-state index contributed by atoms with van der Waals surface area (Å²) in [4.78, 5) is 2.41. The standard InChI is InChI=1S/C27H36BNO2.2C2H6/c1-20(2)29-18-16-27(17-19-29,22-10-8-21(3)9-11-22)23-12-14-24(15-13-23)28-30-25(4,5)26(6,7)31-28;2*1-2/h8-15H,1,16-19H2,2-7H3;2*1-2H3. The van der Waals surface area contributed by atoms with Gasteiger partial charge >= 0.3 is 7.12 Å². The van der Waals surface area contributed by atoms with Gasteiger partial charge in [0.1, 0.15) is 0 Å². The van der Waals surface area contributed by atoms with Gasteiger partial charge in [-0.3, -0.25) is 0 Å². The normalized spacial score (nSPS) is 19.7. The minimum Gasteiger partial charge on any atom is -0.399 e. The van der Waals surface area contributed by atoms with Gasteiger partial charge in [-0.25, -0.2) is 0 Å². The molecule has 0 aromatic heterocycles. The van der Waals surface area contributed by atoms with Gasteiger partial charge in [-0.1, -0.05) is 88.4 Å². The predicted octanol–water partition coefficient (Wildman–Crippen LogP) is 7.26. The molecule has 2 aliphatic rings. The summed E-state index contributed by atoms with van der Waals surface area (Å²) in [5, 5.41) is 0. The second-order valence-electron chi connectivity index (χ2n) is 10.4. The molecule has 0 saturated carbocycles. The highest BCUT2D eigenvalue weighted by atomic mass is 16.7. The monoisotopic (exact) mass is 477 g/mol. The fraction of sp³-hybridized carbons (Fsp3) is 0.548. The van der Waals surface area contributed by atoms with Gasteiger partial charge < -0.3 is 14.2 Å². The predicted molar refractivity (Wildman–Crippen MR) is 152 cm³/mol. The number of hydrogen-bond donors (Lipinski definition) is 0. The zero-order chi connectivity index (χ0) is 26.4. The Balaban J connectivity index is 0.00000103. The van der Waals surface area contributed by atoms with Crippen molar-refractivity contribution in [2.24, 2.45) is 0 Å². The van der Waals surface area contributed by atoms with Crippen LogP contribution < -0.4 is 5.46 Å². The summed E-state index contributed by atoms with van der Waals surface area (Å²) in [6.07, 6.45) is 2.16. The molecule has 2 aliphatic heterocycles. The van der Waals surface area contributed by atoms with Crippen molar-refractivity contribution >= 4 is 12.6 Å². The van der Waals surface area contributed by atoms with Crippen molar-refractivity contribution in [3.05, 3.63) is 77.5 Å². The van der Waals surface area contributed by atoms with Crippen LogP contribution >= 0.6 is 0 Å². The highest BCUT2D eigenvalue weighted by molar-refractivity contribution is 6.62. The highest BCUT2D eigenvalue weighted by Gasteiger charge is 2.51.